The Labute approximate surface area is 104 Å². The Morgan fingerprint density at radius 1 is 1.50 bits per heavy atom. The molecule has 0 saturated carbocycles. The van der Waals surface area contributed by atoms with E-state index in [1.165, 1.54) is 0 Å². The van der Waals surface area contributed by atoms with Crippen LogP contribution in [0.5, 0.6) is 0 Å². The Morgan fingerprint density at radius 3 is 2.81 bits per heavy atom. The average Bonchev–Trinajstić information content (AvgIpc) is 2.26. The highest BCUT2D eigenvalue weighted by atomic mass is 79.9. The third kappa shape index (κ3) is 3.94. The molecule has 4 heteroatoms. The lowest BCUT2D eigenvalue weighted by Gasteiger charge is -2.13. The first-order valence-electron chi connectivity index (χ1n) is 5.30. The van der Waals surface area contributed by atoms with Gasteiger partial charge in [0.1, 0.15) is 0 Å². The topological polar surface area (TPSA) is 52.3 Å². The van der Waals surface area contributed by atoms with Crippen molar-refractivity contribution >= 4 is 21.9 Å². The molecule has 0 bridgehead atoms. The maximum atomic E-state index is 11.4. The number of benzene rings is 1. The molecule has 0 aliphatic heterocycles. The molecule has 0 aliphatic rings. The first-order chi connectivity index (χ1) is 7.65. The van der Waals surface area contributed by atoms with Crippen molar-refractivity contribution in [3.8, 4) is 0 Å². The fraction of sp³-hybridized carbons (Fsp3) is 0.417. The van der Waals surface area contributed by atoms with E-state index in [1.54, 1.807) is 0 Å². The van der Waals surface area contributed by atoms with E-state index in [1.807, 2.05) is 31.2 Å². The summed E-state index contributed by atoms with van der Waals surface area (Å²) in [5.41, 5.74) is 6.86. The van der Waals surface area contributed by atoms with Gasteiger partial charge < -0.3 is 10.5 Å². The fourth-order valence-electron chi connectivity index (χ4n) is 1.34. The van der Waals surface area contributed by atoms with Gasteiger partial charge in [-0.2, -0.15) is 0 Å². The highest BCUT2D eigenvalue weighted by Crippen LogP contribution is 2.23. The molecule has 0 radical (unpaired) electrons. The molecular weight excluding hydrogens is 270 g/mol. The number of nitrogens with two attached hydrogens (primary N) is 1. The van der Waals surface area contributed by atoms with E-state index in [9.17, 15) is 4.79 Å². The number of carbonyl (C=O) groups is 1. The van der Waals surface area contributed by atoms with Crippen molar-refractivity contribution in [2.45, 2.75) is 25.8 Å². The standard InChI is InChI=1S/C12H16BrNO2/c1-2-7-16-12(15)8-11(14)9-5-3-4-6-10(9)13/h3-6,11H,2,7-8,14H2,1H3. The predicted molar refractivity (Wildman–Crippen MR) is 66.9 cm³/mol. The molecule has 3 nitrogen and oxygen atoms in total. The lowest BCUT2D eigenvalue weighted by Crippen LogP contribution is -2.17. The zero-order valence-electron chi connectivity index (χ0n) is 9.28. The maximum Gasteiger partial charge on any atom is 0.307 e. The third-order valence-corrected chi connectivity index (χ3v) is 2.88. The molecule has 16 heavy (non-hydrogen) atoms. The third-order valence-electron chi connectivity index (χ3n) is 2.16. The number of hydrogen-bond acceptors (Lipinski definition) is 3. The summed E-state index contributed by atoms with van der Waals surface area (Å²) in [7, 11) is 0. The molecule has 0 aliphatic carbocycles. The molecule has 1 unspecified atom stereocenters. The van der Waals surface area contributed by atoms with E-state index in [0.29, 0.717) is 6.61 Å². The largest absolute Gasteiger partial charge is 0.466 e. The molecule has 1 rings (SSSR count). The molecule has 0 aromatic heterocycles. The SMILES string of the molecule is CCCOC(=O)CC(N)c1ccccc1Br. The lowest BCUT2D eigenvalue weighted by atomic mass is 10.1. The number of rotatable bonds is 5. The first-order valence-corrected chi connectivity index (χ1v) is 6.10. The zero-order chi connectivity index (χ0) is 12.0. The Kier molecular flexibility index (Phi) is 5.49. The van der Waals surface area contributed by atoms with Gasteiger partial charge >= 0.3 is 5.97 Å². The van der Waals surface area contributed by atoms with E-state index in [4.69, 9.17) is 10.5 Å². The second kappa shape index (κ2) is 6.66. The maximum absolute atomic E-state index is 11.4. The van der Waals surface area contributed by atoms with Gasteiger partial charge in [0.15, 0.2) is 0 Å². The van der Waals surface area contributed by atoms with E-state index in [0.717, 1.165) is 16.5 Å². The summed E-state index contributed by atoms with van der Waals surface area (Å²) >= 11 is 3.41. The quantitative estimate of drug-likeness (QED) is 0.847. The van der Waals surface area contributed by atoms with Crippen molar-refractivity contribution in [2.24, 2.45) is 5.73 Å². The molecule has 1 aromatic carbocycles. The van der Waals surface area contributed by atoms with Gasteiger partial charge in [0.25, 0.3) is 0 Å². The van der Waals surface area contributed by atoms with Crippen molar-refractivity contribution < 1.29 is 9.53 Å². The zero-order valence-corrected chi connectivity index (χ0v) is 10.9. The molecule has 0 heterocycles. The number of ether oxygens (including phenoxy) is 1. The minimum atomic E-state index is -0.320. The van der Waals surface area contributed by atoms with Crippen LogP contribution in [0.4, 0.5) is 0 Å². The van der Waals surface area contributed by atoms with Crippen LogP contribution in [0.3, 0.4) is 0 Å². The van der Waals surface area contributed by atoms with Gasteiger partial charge in [0, 0.05) is 10.5 Å². The van der Waals surface area contributed by atoms with Crippen molar-refractivity contribution in [3.63, 3.8) is 0 Å². The van der Waals surface area contributed by atoms with E-state index < -0.39 is 0 Å². The molecule has 0 saturated heterocycles. The minimum absolute atomic E-state index is 0.211. The summed E-state index contributed by atoms with van der Waals surface area (Å²) in [4.78, 5) is 11.4. The normalized spacial score (nSPS) is 12.2. The van der Waals surface area contributed by atoms with Crippen molar-refractivity contribution in [1.29, 1.82) is 0 Å². The smallest absolute Gasteiger partial charge is 0.307 e. The Hall–Kier alpha value is -0.870. The van der Waals surface area contributed by atoms with Gasteiger partial charge in [-0.25, -0.2) is 0 Å². The van der Waals surface area contributed by atoms with Crippen molar-refractivity contribution in [1.82, 2.24) is 0 Å². The van der Waals surface area contributed by atoms with Gasteiger partial charge in [-0.3, -0.25) is 4.79 Å². The van der Waals surface area contributed by atoms with Gasteiger partial charge in [-0.1, -0.05) is 41.1 Å². The summed E-state index contributed by atoms with van der Waals surface area (Å²) in [6.45, 7) is 2.42. The van der Waals surface area contributed by atoms with Crippen LogP contribution < -0.4 is 5.73 Å². The molecule has 1 aromatic rings. The van der Waals surface area contributed by atoms with Crippen LogP contribution in [0.15, 0.2) is 28.7 Å². The fourth-order valence-corrected chi connectivity index (χ4v) is 1.92. The second-order valence-electron chi connectivity index (χ2n) is 3.55. The lowest BCUT2D eigenvalue weighted by molar-refractivity contribution is -0.144. The number of esters is 1. The molecule has 88 valence electrons. The highest BCUT2D eigenvalue weighted by Gasteiger charge is 2.14. The number of halogens is 1. The van der Waals surface area contributed by atoms with E-state index >= 15 is 0 Å². The summed E-state index contributed by atoms with van der Waals surface area (Å²) in [6, 6.07) is 7.31. The summed E-state index contributed by atoms with van der Waals surface area (Å²) in [5, 5.41) is 0. The van der Waals surface area contributed by atoms with Crippen LogP contribution in [0.1, 0.15) is 31.4 Å². The van der Waals surface area contributed by atoms with Crippen LogP contribution in [0, 0.1) is 0 Å². The van der Waals surface area contributed by atoms with Gasteiger partial charge in [-0.15, -0.1) is 0 Å². The predicted octanol–water partition coefficient (Wildman–Crippen LogP) is 2.79. The van der Waals surface area contributed by atoms with Gasteiger partial charge in [0.05, 0.1) is 13.0 Å². The van der Waals surface area contributed by atoms with E-state index in [2.05, 4.69) is 15.9 Å². The summed E-state index contributed by atoms with van der Waals surface area (Å²) < 4.78 is 5.91. The monoisotopic (exact) mass is 285 g/mol. The van der Waals surface area contributed by atoms with Gasteiger partial charge in [-0.05, 0) is 18.1 Å². The molecular formula is C12H16BrNO2. The average molecular weight is 286 g/mol. The molecule has 0 spiro atoms. The summed E-state index contributed by atoms with van der Waals surface area (Å²) in [6.07, 6.45) is 1.04. The molecule has 2 N–H and O–H groups in total. The van der Waals surface area contributed by atoms with Crippen molar-refractivity contribution in [3.05, 3.63) is 34.3 Å². The van der Waals surface area contributed by atoms with Gasteiger partial charge in [0.2, 0.25) is 0 Å². The van der Waals surface area contributed by atoms with Crippen molar-refractivity contribution in [2.75, 3.05) is 6.61 Å². The Bertz CT molecular complexity index is 355. The second-order valence-corrected chi connectivity index (χ2v) is 4.41. The molecule has 0 amide bonds. The van der Waals surface area contributed by atoms with Crippen LogP contribution in [-0.2, 0) is 9.53 Å². The Balaban J connectivity index is 2.55. The van der Waals surface area contributed by atoms with Crippen LogP contribution in [0.25, 0.3) is 0 Å². The highest BCUT2D eigenvalue weighted by molar-refractivity contribution is 9.10. The van der Waals surface area contributed by atoms with E-state index in [-0.39, 0.29) is 18.4 Å². The number of hydrogen-bond donors (Lipinski definition) is 1. The minimum Gasteiger partial charge on any atom is -0.466 e. The molecule has 1 atom stereocenters. The Morgan fingerprint density at radius 2 is 2.19 bits per heavy atom. The number of carbonyl (C=O) groups excluding carboxylic acids is 1. The van der Waals surface area contributed by atoms with Crippen LogP contribution in [-0.4, -0.2) is 12.6 Å². The summed E-state index contributed by atoms with van der Waals surface area (Å²) in [5.74, 6) is -0.245. The van der Waals surface area contributed by atoms with Crippen LogP contribution >= 0.6 is 15.9 Å². The van der Waals surface area contributed by atoms with Crippen LogP contribution in [0.2, 0.25) is 0 Å². The first kappa shape index (κ1) is 13.2. The molecule has 0 fully saturated rings.